The summed E-state index contributed by atoms with van der Waals surface area (Å²) in [7, 11) is 1.80. The normalized spacial score (nSPS) is 27.1. The van der Waals surface area contributed by atoms with Gasteiger partial charge in [-0.05, 0) is 62.4 Å². The van der Waals surface area contributed by atoms with Crippen LogP contribution in [0.25, 0.3) is 0 Å². The van der Waals surface area contributed by atoms with Crippen molar-refractivity contribution in [3.05, 3.63) is 29.3 Å². The summed E-state index contributed by atoms with van der Waals surface area (Å²) in [6.45, 7) is 7.11. The van der Waals surface area contributed by atoms with E-state index in [0.717, 1.165) is 11.7 Å². The third-order valence-electron chi connectivity index (χ3n) is 5.24. The molecule has 3 rings (SSSR count). The molecule has 1 aromatic carbocycles. The highest BCUT2D eigenvalue weighted by atomic mass is 16.5. The summed E-state index contributed by atoms with van der Waals surface area (Å²) >= 11 is 0. The van der Waals surface area contributed by atoms with E-state index in [2.05, 4.69) is 36.9 Å². The fourth-order valence-corrected chi connectivity index (χ4v) is 4.28. The molecule has 1 aromatic rings. The standard InChI is InChI=1S/C18H27NO/c1-4-11-19(12-5-2)18-10-9-15-14(16(18)13-18)7-6-8-17(15)20-3/h6-8,16H,4-5,9-13H2,1-3H3/t16-,18-/m1/s1. The minimum Gasteiger partial charge on any atom is -0.496 e. The van der Waals surface area contributed by atoms with E-state index in [1.807, 2.05) is 0 Å². The highest BCUT2D eigenvalue weighted by molar-refractivity contribution is 5.50. The first-order valence-corrected chi connectivity index (χ1v) is 8.17. The molecule has 0 unspecified atom stereocenters. The lowest BCUT2D eigenvalue weighted by atomic mass is 9.86. The Labute approximate surface area is 123 Å². The summed E-state index contributed by atoms with van der Waals surface area (Å²) < 4.78 is 5.55. The predicted molar refractivity (Wildman–Crippen MR) is 83.6 cm³/mol. The first kappa shape index (κ1) is 13.9. The van der Waals surface area contributed by atoms with Crippen LogP contribution in [0.15, 0.2) is 18.2 Å². The molecule has 0 radical (unpaired) electrons. The van der Waals surface area contributed by atoms with Crippen LogP contribution in [-0.2, 0) is 6.42 Å². The average Bonchev–Trinajstić information content (AvgIpc) is 3.22. The van der Waals surface area contributed by atoms with Gasteiger partial charge in [-0.25, -0.2) is 0 Å². The Bertz CT molecular complexity index is 478. The number of fused-ring (bicyclic) bond motifs is 3. The van der Waals surface area contributed by atoms with Gasteiger partial charge in [0.1, 0.15) is 5.75 Å². The predicted octanol–water partition coefficient (Wildman–Crippen LogP) is 3.99. The van der Waals surface area contributed by atoms with Crippen LogP contribution in [0.3, 0.4) is 0 Å². The van der Waals surface area contributed by atoms with Crippen molar-refractivity contribution < 1.29 is 4.74 Å². The van der Waals surface area contributed by atoms with Gasteiger partial charge in [-0.2, -0.15) is 0 Å². The molecule has 0 N–H and O–H groups in total. The van der Waals surface area contributed by atoms with Crippen LogP contribution in [0.1, 0.15) is 56.6 Å². The van der Waals surface area contributed by atoms with Gasteiger partial charge in [-0.3, -0.25) is 4.90 Å². The van der Waals surface area contributed by atoms with Crippen molar-refractivity contribution >= 4 is 0 Å². The molecule has 2 heteroatoms. The van der Waals surface area contributed by atoms with Gasteiger partial charge in [-0.15, -0.1) is 0 Å². The molecule has 20 heavy (non-hydrogen) atoms. The van der Waals surface area contributed by atoms with Crippen molar-refractivity contribution in [2.24, 2.45) is 0 Å². The maximum atomic E-state index is 5.55. The Kier molecular flexibility index (Phi) is 3.76. The van der Waals surface area contributed by atoms with Crippen LogP contribution in [0, 0.1) is 0 Å². The molecule has 2 atom stereocenters. The number of benzene rings is 1. The van der Waals surface area contributed by atoms with Gasteiger partial charge in [-0.1, -0.05) is 26.0 Å². The summed E-state index contributed by atoms with van der Waals surface area (Å²) in [4.78, 5) is 2.78. The number of hydrogen-bond acceptors (Lipinski definition) is 2. The lowest BCUT2D eigenvalue weighted by molar-refractivity contribution is 0.157. The molecule has 0 aromatic heterocycles. The van der Waals surface area contributed by atoms with Crippen molar-refractivity contribution in [1.82, 2.24) is 4.90 Å². The van der Waals surface area contributed by atoms with Crippen molar-refractivity contribution in [2.75, 3.05) is 20.2 Å². The second kappa shape index (κ2) is 5.40. The highest BCUT2D eigenvalue weighted by Gasteiger charge is 2.60. The third kappa shape index (κ3) is 2.05. The Morgan fingerprint density at radius 1 is 1.25 bits per heavy atom. The summed E-state index contributed by atoms with van der Waals surface area (Å²) in [6, 6.07) is 6.61. The minimum atomic E-state index is 0.478. The van der Waals surface area contributed by atoms with E-state index in [1.165, 1.54) is 50.8 Å². The lowest BCUT2D eigenvalue weighted by Gasteiger charge is -2.36. The number of nitrogens with zero attached hydrogens (tertiary/aromatic N) is 1. The molecule has 0 saturated heterocycles. The van der Waals surface area contributed by atoms with E-state index < -0.39 is 0 Å². The van der Waals surface area contributed by atoms with Crippen LogP contribution < -0.4 is 4.74 Å². The fraction of sp³-hybridized carbons (Fsp3) is 0.667. The molecule has 0 aliphatic heterocycles. The molecular formula is C18H27NO. The molecule has 0 spiro atoms. The number of methoxy groups -OCH3 is 1. The van der Waals surface area contributed by atoms with E-state index in [4.69, 9.17) is 4.74 Å². The molecule has 0 heterocycles. The number of ether oxygens (including phenoxy) is 1. The Hall–Kier alpha value is -1.02. The van der Waals surface area contributed by atoms with Gasteiger partial charge in [0.05, 0.1) is 7.11 Å². The maximum absolute atomic E-state index is 5.55. The van der Waals surface area contributed by atoms with Crippen LogP contribution >= 0.6 is 0 Å². The van der Waals surface area contributed by atoms with Crippen LogP contribution in [-0.4, -0.2) is 30.6 Å². The zero-order valence-electron chi connectivity index (χ0n) is 13.1. The largest absolute Gasteiger partial charge is 0.496 e. The van der Waals surface area contributed by atoms with Crippen LogP contribution in [0.5, 0.6) is 5.75 Å². The zero-order chi connectivity index (χ0) is 14.2. The van der Waals surface area contributed by atoms with Crippen molar-refractivity contribution in [3.63, 3.8) is 0 Å². The molecule has 2 aliphatic carbocycles. The molecule has 2 nitrogen and oxygen atoms in total. The van der Waals surface area contributed by atoms with E-state index >= 15 is 0 Å². The second-order valence-corrected chi connectivity index (χ2v) is 6.38. The average molecular weight is 273 g/mol. The van der Waals surface area contributed by atoms with Crippen LogP contribution in [0.2, 0.25) is 0 Å². The lowest BCUT2D eigenvalue weighted by Crippen LogP contribution is -2.41. The Morgan fingerprint density at radius 2 is 2.00 bits per heavy atom. The van der Waals surface area contributed by atoms with E-state index in [1.54, 1.807) is 12.7 Å². The van der Waals surface area contributed by atoms with Crippen molar-refractivity contribution in [2.45, 2.75) is 57.4 Å². The Morgan fingerprint density at radius 3 is 2.65 bits per heavy atom. The summed E-state index contributed by atoms with van der Waals surface area (Å²) in [6.07, 6.45) is 6.37. The number of hydrogen-bond donors (Lipinski definition) is 0. The summed E-state index contributed by atoms with van der Waals surface area (Å²) in [5, 5.41) is 0. The highest BCUT2D eigenvalue weighted by Crippen LogP contribution is 2.62. The van der Waals surface area contributed by atoms with Gasteiger partial charge in [0.2, 0.25) is 0 Å². The first-order chi connectivity index (χ1) is 9.76. The van der Waals surface area contributed by atoms with Crippen LogP contribution in [0.4, 0.5) is 0 Å². The fourth-order valence-electron chi connectivity index (χ4n) is 4.28. The monoisotopic (exact) mass is 273 g/mol. The molecule has 1 saturated carbocycles. The van der Waals surface area contributed by atoms with Gasteiger partial charge in [0.25, 0.3) is 0 Å². The van der Waals surface area contributed by atoms with E-state index in [-0.39, 0.29) is 0 Å². The van der Waals surface area contributed by atoms with E-state index in [9.17, 15) is 0 Å². The Balaban J connectivity index is 1.87. The smallest absolute Gasteiger partial charge is 0.122 e. The molecular weight excluding hydrogens is 246 g/mol. The van der Waals surface area contributed by atoms with Gasteiger partial charge >= 0.3 is 0 Å². The molecule has 2 aliphatic rings. The zero-order valence-corrected chi connectivity index (χ0v) is 13.1. The summed E-state index contributed by atoms with van der Waals surface area (Å²) in [5.74, 6) is 1.85. The molecule has 1 fully saturated rings. The molecule has 0 bridgehead atoms. The van der Waals surface area contributed by atoms with Crippen molar-refractivity contribution in [1.29, 1.82) is 0 Å². The van der Waals surface area contributed by atoms with Crippen molar-refractivity contribution in [3.8, 4) is 5.75 Å². The topological polar surface area (TPSA) is 12.5 Å². The molecule has 110 valence electrons. The maximum Gasteiger partial charge on any atom is 0.122 e. The quantitative estimate of drug-likeness (QED) is 0.777. The van der Waals surface area contributed by atoms with Gasteiger partial charge < -0.3 is 4.74 Å². The van der Waals surface area contributed by atoms with Gasteiger partial charge in [0.15, 0.2) is 0 Å². The minimum absolute atomic E-state index is 0.478. The van der Waals surface area contributed by atoms with Gasteiger partial charge in [0, 0.05) is 11.5 Å². The second-order valence-electron chi connectivity index (χ2n) is 6.38. The van der Waals surface area contributed by atoms with E-state index in [0.29, 0.717) is 5.54 Å². The molecule has 0 amide bonds. The number of rotatable bonds is 6. The summed E-state index contributed by atoms with van der Waals surface area (Å²) in [5.41, 5.74) is 3.51. The first-order valence-electron chi connectivity index (χ1n) is 8.17. The SMILES string of the molecule is CCCN(CCC)[C@@]12CCc3c(OC)cccc3[C@H]1C2. The third-order valence-corrected chi connectivity index (χ3v) is 5.24.